The van der Waals surface area contributed by atoms with Gasteiger partial charge in [-0.15, -0.1) is 0 Å². The maximum absolute atomic E-state index is 11.7. The van der Waals surface area contributed by atoms with Crippen molar-refractivity contribution in [2.75, 3.05) is 19.7 Å². The molecule has 1 fully saturated rings. The number of ether oxygens (including phenoxy) is 1. The Morgan fingerprint density at radius 1 is 1.33 bits per heavy atom. The Balaban J connectivity index is 1.86. The summed E-state index contributed by atoms with van der Waals surface area (Å²) in [7, 11) is 0. The van der Waals surface area contributed by atoms with Crippen LogP contribution < -0.4 is 4.74 Å². The first kappa shape index (κ1) is 12.9. The van der Waals surface area contributed by atoms with Crippen LogP contribution in [-0.4, -0.2) is 41.2 Å². The van der Waals surface area contributed by atoms with Crippen LogP contribution in [0.3, 0.4) is 0 Å². The molecule has 0 aromatic heterocycles. The van der Waals surface area contributed by atoms with Crippen LogP contribution in [0.4, 0.5) is 0 Å². The standard InChI is InChI=1S/C14H19NO3/c1-10-4-11(2)6-12(5-10)18-7-13(16)15-8-14(3,17)9-15/h4-6,17H,7-9H2,1-3H3. The van der Waals surface area contributed by atoms with Crippen molar-refractivity contribution < 1.29 is 14.6 Å². The highest BCUT2D eigenvalue weighted by atomic mass is 16.5. The molecular weight excluding hydrogens is 230 g/mol. The topological polar surface area (TPSA) is 49.8 Å². The van der Waals surface area contributed by atoms with Crippen LogP contribution in [-0.2, 0) is 4.79 Å². The maximum atomic E-state index is 11.7. The Kier molecular flexibility index (Phi) is 3.30. The third kappa shape index (κ3) is 3.01. The number of rotatable bonds is 3. The molecule has 1 heterocycles. The van der Waals surface area contributed by atoms with Gasteiger partial charge in [-0.05, 0) is 44.0 Å². The molecule has 1 amide bonds. The summed E-state index contributed by atoms with van der Waals surface area (Å²) in [5, 5.41) is 9.56. The van der Waals surface area contributed by atoms with Gasteiger partial charge in [0.2, 0.25) is 0 Å². The molecule has 0 radical (unpaired) electrons. The van der Waals surface area contributed by atoms with E-state index in [4.69, 9.17) is 4.74 Å². The Bertz CT molecular complexity index is 440. The van der Waals surface area contributed by atoms with E-state index in [-0.39, 0.29) is 12.5 Å². The molecule has 0 bridgehead atoms. The molecule has 0 saturated carbocycles. The highest BCUT2D eigenvalue weighted by Gasteiger charge is 2.39. The zero-order chi connectivity index (χ0) is 13.3. The van der Waals surface area contributed by atoms with Crippen molar-refractivity contribution in [3.63, 3.8) is 0 Å². The second-order valence-corrected chi connectivity index (χ2v) is 5.36. The molecule has 0 aliphatic carbocycles. The van der Waals surface area contributed by atoms with Crippen molar-refractivity contribution >= 4 is 5.91 Å². The van der Waals surface area contributed by atoms with Gasteiger partial charge in [0.15, 0.2) is 6.61 Å². The summed E-state index contributed by atoms with van der Waals surface area (Å²) in [6.07, 6.45) is 0. The highest BCUT2D eigenvalue weighted by Crippen LogP contribution is 2.20. The van der Waals surface area contributed by atoms with Gasteiger partial charge in [-0.2, -0.15) is 0 Å². The van der Waals surface area contributed by atoms with Crippen LogP contribution in [0, 0.1) is 13.8 Å². The maximum Gasteiger partial charge on any atom is 0.260 e. The number of likely N-dealkylation sites (tertiary alicyclic amines) is 1. The van der Waals surface area contributed by atoms with E-state index in [1.165, 1.54) is 0 Å². The molecule has 0 spiro atoms. The van der Waals surface area contributed by atoms with Gasteiger partial charge in [0, 0.05) is 0 Å². The van der Waals surface area contributed by atoms with E-state index in [0.29, 0.717) is 18.8 Å². The second-order valence-electron chi connectivity index (χ2n) is 5.36. The normalized spacial score (nSPS) is 17.2. The quantitative estimate of drug-likeness (QED) is 0.877. The lowest BCUT2D eigenvalue weighted by Crippen LogP contribution is -2.62. The van der Waals surface area contributed by atoms with E-state index in [1.54, 1.807) is 11.8 Å². The van der Waals surface area contributed by atoms with Gasteiger partial charge in [0.25, 0.3) is 5.91 Å². The summed E-state index contributed by atoms with van der Waals surface area (Å²) in [4.78, 5) is 13.3. The second kappa shape index (κ2) is 4.61. The highest BCUT2D eigenvalue weighted by molar-refractivity contribution is 5.79. The predicted octanol–water partition coefficient (Wildman–Crippen LogP) is 1.28. The molecule has 1 aliphatic heterocycles. The Hall–Kier alpha value is -1.55. The number of carbonyl (C=O) groups excluding carboxylic acids is 1. The first-order chi connectivity index (χ1) is 8.35. The fourth-order valence-electron chi connectivity index (χ4n) is 2.20. The molecule has 1 aromatic carbocycles. The monoisotopic (exact) mass is 249 g/mol. The molecule has 4 heteroatoms. The molecule has 1 N–H and O–H groups in total. The first-order valence-corrected chi connectivity index (χ1v) is 6.07. The third-order valence-electron chi connectivity index (χ3n) is 2.97. The summed E-state index contributed by atoms with van der Waals surface area (Å²) in [6.45, 7) is 6.52. The third-order valence-corrected chi connectivity index (χ3v) is 2.97. The van der Waals surface area contributed by atoms with E-state index in [9.17, 15) is 9.90 Å². The number of carbonyl (C=O) groups is 1. The van der Waals surface area contributed by atoms with Gasteiger partial charge in [-0.3, -0.25) is 4.79 Å². The van der Waals surface area contributed by atoms with Crippen molar-refractivity contribution in [2.45, 2.75) is 26.4 Å². The smallest absolute Gasteiger partial charge is 0.260 e. The van der Waals surface area contributed by atoms with Crippen molar-refractivity contribution in [1.82, 2.24) is 4.90 Å². The summed E-state index contributed by atoms with van der Waals surface area (Å²) in [6, 6.07) is 5.88. The van der Waals surface area contributed by atoms with Crippen LogP contribution >= 0.6 is 0 Å². The zero-order valence-electron chi connectivity index (χ0n) is 11.1. The number of amides is 1. The van der Waals surface area contributed by atoms with Crippen molar-refractivity contribution in [2.24, 2.45) is 0 Å². The SMILES string of the molecule is Cc1cc(C)cc(OCC(=O)N2CC(C)(O)C2)c1. The minimum atomic E-state index is -0.727. The van der Waals surface area contributed by atoms with Crippen LogP contribution in [0.2, 0.25) is 0 Å². The van der Waals surface area contributed by atoms with Gasteiger partial charge in [-0.1, -0.05) is 6.07 Å². The Morgan fingerprint density at radius 2 is 1.89 bits per heavy atom. The Labute approximate surface area is 107 Å². The van der Waals surface area contributed by atoms with E-state index < -0.39 is 5.60 Å². The van der Waals surface area contributed by atoms with Gasteiger partial charge in [-0.25, -0.2) is 0 Å². The fourth-order valence-corrected chi connectivity index (χ4v) is 2.20. The molecule has 1 aromatic rings. The van der Waals surface area contributed by atoms with Gasteiger partial charge >= 0.3 is 0 Å². The van der Waals surface area contributed by atoms with Crippen LogP contribution in [0.5, 0.6) is 5.75 Å². The van der Waals surface area contributed by atoms with Gasteiger partial charge in [0.1, 0.15) is 5.75 Å². The largest absolute Gasteiger partial charge is 0.484 e. The number of hydrogen-bond acceptors (Lipinski definition) is 3. The molecule has 98 valence electrons. The minimum absolute atomic E-state index is 0.0268. The van der Waals surface area contributed by atoms with Crippen molar-refractivity contribution in [1.29, 1.82) is 0 Å². The van der Waals surface area contributed by atoms with E-state index in [0.717, 1.165) is 11.1 Å². The lowest BCUT2D eigenvalue weighted by Gasteiger charge is -2.43. The summed E-state index contributed by atoms with van der Waals surface area (Å²) in [5.74, 6) is 0.633. The number of benzene rings is 1. The van der Waals surface area contributed by atoms with Crippen molar-refractivity contribution in [3.05, 3.63) is 29.3 Å². The number of hydrogen-bond donors (Lipinski definition) is 1. The van der Waals surface area contributed by atoms with Crippen LogP contribution in [0.25, 0.3) is 0 Å². The lowest BCUT2D eigenvalue weighted by molar-refractivity contribution is -0.154. The lowest BCUT2D eigenvalue weighted by atomic mass is 9.97. The van der Waals surface area contributed by atoms with E-state index >= 15 is 0 Å². The molecule has 18 heavy (non-hydrogen) atoms. The fraction of sp³-hybridized carbons (Fsp3) is 0.500. The predicted molar refractivity (Wildman–Crippen MR) is 68.6 cm³/mol. The van der Waals surface area contributed by atoms with E-state index in [1.807, 2.05) is 26.0 Å². The molecule has 1 aliphatic rings. The van der Waals surface area contributed by atoms with Gasteiger partial charge in [0.05, 0.1) is 18.7 Å². The van der Waals surface area contributed by atoms with Crippen molar-refractivity contribution in [3.8, 4) is 5.75 Å². The van der Waals surface area contributed by atoms with Crippen LogP contribution in [0.15, 0.2) is 18.2 Å². The van der Waals surface area contributed by atoms with E-state index in [2.05, 4.69) is 6.07 Å². The summed E-state index contributed by atoms with van der Waals surface area (Å²) in [5.41, 5.74) is 1.50. The molecule has 0 atom stereocenters. The molecule has 0 unspecified atom stereocenters. The molecule has 2 rings (SSSR count). The number of aryl methyl sites for hydroxylation is 2. The van der Waals surface area contributed by atoms with Crippen LogP contribution in [0.1, 0.15) is 18.1 Å². The molecule has 1 saturated heterocycles. The number of β-amino-alcohol motifs (C(OH)–C–C–N with tert-alkyl or cyclic N) is 1. The summed E-state index contributed by atoms with van der Waals surface area (Å²) < 4.78 is 5.48. The average Bonchev–Trinajstić information content (AvgIpc) is 2.21. The minimum Gasteiger partial charge on any atom is -0.484 e. The number of nitrogens with zero attached hydrogens (tertiary/aromatic N) is 1. The molecular formula is C14H19NO3. The number of aliphatic hydroxyl groups is 1. The Morgan fingerprint density at radius 3 is 2.39 bits per heavy atom. The average molecular weight is 249 g/mol. The summed E-state index contributed by atoms with van der Waals surface area (Å²) >= 11 is 0. The molecule has 4 nitrogen and oxygen atoms in total. The van der Waals surface area contributed by atoms with Gasteiger partial charge < -0.3 is 14.7 Å². The zero-order valence-corrected chi connectivity index (χ0v) is 11.1. The first-order valence-electron chi connectivity index (χ1n) is 6.07.